The molecule has 0 atom stereocenters. The summed E-state index contributed by atoms with van der Waals surface area (Å²) in [5.74, 6) is -0.0625. The minimum atomic E-state index is -0.125. The third-order valence-electron chi connectivity index (χ3n) is 4.54. The van der Waals surface area contributed by atoms with E-state index in [9.17, 15) is 4.79 Å². The first-order valence-corrected chi connectivity index (χ1v) is 10.3. The van der Waals surface area contributed by atoms with E-state index in [2.05, 4.69) is 52.4 Å². The van der Waals surface area contributed by atoms with Crippen molar-refractivity contribution in [2.45, 2.75) is 13.8 Å². The van der Waals surface area contributed by atoms with Gasteiger partial charge in [0.25, 0.3) is 0 Å². The second-order valence-corrected chi connectivity index (χ2v) is 7.84. The van der Waals surface area contributed by atoms with Gasteiger partial charge in [-0.3, -0.25) is 9.78 Å². The summed E-state index contributed by atoms with van der Waals surface area (Å²) in [4.78, 5) is 20.1. The Balaban J connectivity index is 0.000000299. The molecular formula is C25H19IrN2O2S-. The van der Waals surface area contributed by atoms with Crippen LogP contribution in [0.2, 0.25) is 0 Å². The van der Waals surface area contributed by atoms with Gasteiger partial charge in [-0.05, 0) is 30.0 Å². The van der Waals surface area contributed by atoms with Crippen LogP contribution in [0, 0.1) is 6.07 Å². The molecule has 0 aliphatic rings. The molecule has 31 heavy (non-hydrogen) atoms. The molecular weight excluding hydrogens is 585 g/mol. The molecule has 0 aliphatic carbocycles. The molecule has 157 valence electrons. The number of carbonyl (C=O) groups is 1. The van der Waals surface area contributed by atoms with Crippen LogP contribution in [0.4, 0.5) is 0 Å². The van der Waals surface area contributed by atoms with E-state index < -0.39 is 0 Å². The number of allylic oxidation sites excluding steroid dienone is 2. The fourth-order valence-corrected chi connectivity index (χ4v) is 4.55. The van der Waals surface area contributed by atoms with Gasteiger partial charge in [0.05, 0.1) is 5.76 Å². The maximum Gasteiger partial charge on any atom is 0.155 e. The number of benzene rings is 3. The largest absolute Gasteiger partial charge is 0.512 e. The van der Waals surface area contributed by atoms with E-state index in [0.717, 1.165) is 21.5 Å². The molecule has 2 heterocycles. The Labute approximate surface area is 197 Å². The molecule has 0 amide bonds. The second-order valence-electron chi connectivity index (χ2n) is 6.84. The van der Waals surface area contributed by atoms with Crippen LogP contribution >= 0.6 is 11.3 Å². The van der Waals surface area contributed by atoms with E-state index in [1.54, 1.807) is 17.7 Å². The number of nitrogens with zero attached hydrogens (tertiary/aromatic N) is 2. The standard InChI is InChI=1S/C20H11N2S.C5H8O2.Ir/c1-2-7-14(8-3-1)18-17-16-11-10-13-6-4-5-9-15(13)19(16)23-20(17)22-12-21-18;1-4(6)3-5(2)7;/h1-7,9-12H;3,6H,1-2H3;/q-1;;/b;4-3-;. The van der Waals surface area contributed by atoms with Crippen molar-refractivity contribution in [3.05, 3.63) is 84.9 Å². The molecule has 5 rings (SSSR count). The molecule has 1 N–H and O–H groups in total. The number of aromatic nitrogens is 2. The van der Waals surface area contributed by atoms with Crippen LogP contribution in [0.15, 0.2) is 78.8 Å². The second kappa shape index (κ2) is 9.92. The number of aliphatic hydroxyl groups is 1. The predicted octanol–water partition coefficient (Wildman–Crippen LogP) is 6.50. The molecule has 0 saturated carbocycles. The molecule has 4 nitrogen and oxygen atoms in total. The van der Waals surface area contributed by atoms with E-state index >= 15 is 0 Å². The third-order valence-corrected chi connectivity index (χ3v) is 5.68. The zero-order valence-electron chi connectivity index (χ0n) is 16.9. The van der Waals surface area contributed by atoms with Crippen LogP contribution in [0.1, 0.15) is 13.8 Å². The number of aliphatic hydroxyl groups excluding tert-OH is 1. The molecule has 3 aromatic carbocycles. The predicted molar refractivity (Wildman–Crippen MR) is 124 cm³/mol. The van der Waals surface area contributed by atoms with E-state index in [0.29, 0.717) is 0 Å². The summed E-state index contributed by atoms with van der Waals surface area (Å²) in [5, 5.41) is 13.2. The molecule has 0 aliphatic heterocycles. The first-order valence-electron chi connectivity index (χ1n) is 9.44. The van der Waals surface area contributed by atoms with Gasteiger partial charge in [0.1, 0.15) is 11.2 Å². The molecule has 2 aromatic heterocycles. The van der Waals surface area contributed by atoms with Gasteiger partial charge in [-0.2, -0.15) is 0 Å². The molecule has 0 bridgehead atoms. The first kappa shape index (κ1) is 22.8. The minimum absolute atomic E-state index is 0. The topological polar surface area (TPSA) is 63.1 Å². The van der Waals surface area contributed by atoms with Gasteiger partial charge < -0.3 is 5.11 Å². The normalized spacial score (nSPS) is 11.1. The average Bonchev–Trinajstić information content (AvgIpc) is 3.13. The van der Waals surface area contributed by atoms with E-state index in [1.165, 1.54) is 40.8 Å². The van der Waals surface area contributed by atoms with Crippen molar-refractivity contribution in [3.63, 3.8) is 0 Å². The van der Waals surface area contributed by atoms with Crippen molar-refractivity contribution in [1.82, 2.24) is 9.97 Å². The third kappa shape index (κ3) is 4.88. The maximum atomic E-state index is 10.0. The van der Waals surface area contributed by atoms with Gasteiger partial charge in [-0.1, -0.05) is 36.4 Å². The van der Waals surface area contributed by atoms with Crippen LogP contribution in [0.25, 0.3) is 42.3 Å². The van der Waals surface area contributed by atoms with Crippen molar-refractivity contribution in [1.29, 1.82) is 0 Å². The molecule has 0 unspecified atom stereocenters. The van der Waals surface area contributed by atoms with Crippen molar-refractivity contribution >= 4 is 48.2 Å². The summed E-state index contributed by atoms with van der Waals surface area (Å²) in [7, 11) is 0. The number of thiophene rings is 1. The van der Waals surface area contributed by atoms with Gasteiger partial charge in [0.15, 0.2) is 5.78 Å². The molecule has 0 fully saturated rings. The van der Waals surface area contributed by atoms with Crippen molar-refractivity contribution in [3.8, 4) is 11.3 Å². The fraction of sp³-hybridized carbons (Fsp3) is 0.0800. The van der Waals surface area contributed by atoms with Crippen LogP contribution in [0.5, 0.6) is 0 Å². The van der Waals surface area contributed by atoms with E-state index in [-0.39, 0.29) is 31.6 Å². The summed E-state index contributed by atoms with van der Waals surface area (Å²) in [6.07, 6.45) is 2.82. The SMILES string of the molecule is CC(=O)/C=C(/C)O.[Ir].[c-]1ccccc1-c1ncnc2sc3c4ccccc4ccc3c12. The zero-order chi connectivity index (χ0) is 21.1. The van der Waals surface area contributed by atoms with Gasteiger partial charge in [0, 0.05) is 42.0 Å². The van der Waals surface area contributed by atoms with Crippen LogP contribution < -0.4 is 0 Å². The Morgan fingerprint density at radius 2 is 1.77 bits per heavy atom. The van der Waals surface area contributed by atoms with Crippen LogP contribution in [0.3, 0.4) is 0 Å². The number of hydrogen-bond acceptors (Lipinski definition) is 5. The summed E-state index contributed by atoms with van der Waals surface area (Å²) >= 11 is 1.73. The van der Waals surface area contributed by atoms with E-state index in [4.69, 9.17) is 5.11 Å². The quantitative estimate of drug-likeness (QED) is 0.142. The average molecular weight is 604 g/mol. The fourth-order valence-electron chi connectivity index (χ4n) is 3.38. The molecule has 0 saturated heterocycles. The number of ketones is 1. The molecule has 6 heteroatoms. The Bertz CT molecular complexity index is 1390. The number of fused-ring (bicyclic) bond motifs is 5. The number of carbonyl (C=O) groups excluding carboxylic acids is 1. The molecule has 5 aromatic rings. The van der Waals surface area contributed by atoms with Crippen LogP contribution in [-0.2, 0) is 24.9 Å². The minimum Gasteiger partial charge on any atom is -0.512 e. The zero-order valence-corrected chi connectivity index (χ0v) is 20.1. The monoisotopic (exact) mass is 604 g/mol. The van der Waals surface area contributed by atoms with Crippen molar-refractivity contribution in [2.24, 2.45) is 0 Å². The first-order chi connectivity index (χ1) is 14.5. The van der Waals surface area contributed by atoms with Crippen molar-refractivity contribution in [2.75, 3.05) is 0 Å². The van der Waals surface area contributed by atoms with Crippen molar-refractivity contribution < 1.29 is 30.0 Å². The summed E-state index contributed by atoms with van der Waals surface area (Å²) in [6.45, 7) is 2.85. The maximum absolute atomic E-state index is 10.0. The van der Waals surface area contributed by atoms with Crippen LogP contribution in [-0.4, -0.2) is 20.9 Å². The van der Waals surface area contributed by atoms with Gasteiger partial charge in [-0.25, -0.2) is 4.98 Å². The molecule has 0 spiro atoms. The smallest absolute Gasteiger partial charge is 0.155 e. The van der Waals surface area contributed by atoms with E-state index in [1.807, 2.05) is 24.3 Å². The van der Waals surface area contributed by atoms with Gasteiger partial charge in [0.2, 0.25) is 0 Å². The molecule has 1 radical (unpaired) electrons. The van der Waals surface area contributed by atoms with Gasteiger partial charge >= 0.3 is 0 Å². The number of hydrogen-bond donors (Lipinski definition) is 1. The number of rotatable bonds is 2. The summed E-state index contributed by atoms with van der Waals surface area (Å²) in [5.41, 5.74) is 1.96. The Kier molecular flexibility index (Phi) is 7.29. The van der Waals surface area contributed by atoms with Gasteiger partial charge in [-0.15, -0.1) is 47.2 Å². The summed E-state index contributed by atoms with van der Waals surface area (Å²) < 4.78 is 1.27. The Hall–Kier alpha value is -2.92. The Morgan fingerprint density at radius 1 is 1.00 bits per heavy atom. The Morgan fingerprint density at radius 3 is 2.45 bits per heavy atom. The summed E-state index contributed by atoms with van der Waals surface area (Å²) in [6, 6.07) is 24.1.